The summed E-state index contributed by atoms with van der Waals surface area (Å²) in [6, 6.07) is 1.46. The van der Waals surface area contributed by atoms with Crippen molar-refractivity contribution in [3.05, 3.63) is 36.5 Å². The van der Waals surface area contributed by atoms with E-state index in [0.717, 1.165) is 12.8 Å². The molecular weight excluding hydrogens is 330 g/mol. The third-order valence-electron chi connectivity index (χ3n) is 3.78. The third-order valence-corrected chi connectivity index (χ3v) is 5.74. The van der Waals surface area contributed by atoms with Crippen LogP contribution >= 0.6 is 0 Å². The molecule has 0 radical (unpaired) electrons. The molecule has 3 rings (SSSR count). The van der Waals surface area contributed by atoms with Crippen LogP contribution in [0.3, 0.4) is 0 Å². The monoisotopic (exact) mass is 349 g/mol. The van der Waals surface area contributed by atoms with Crippen LogP contribution in [-0.4, -0.2) is 57.6 Å². The Morgan fingerprint density at radius 1 is 1.25 bits per heavy atom. The summed E-state index contributed by atoms with van der Waals surface area (Å²) in [7, 11) is -0.415. The van der Waals surface area contributed by atoms with Crippen LogP contribution in [0.15, 0.2) is 30.9 Å². The molecule has 1 aliphatic rings. The van der Waals surface area contributed by atoms with Crippen molar-refractivity contribution in [2.75, 3.05) is 26.0 Å². The van der Waals surface area contributed by atoms with Crippen molar-refractivity contribution >= 4 is 22.0 Å². The fraction of sp³-hybridized carbons (Fsp3) is 0.429. The Balaban J connectivity index is 1.85. The van der Waals surface area contributed by atoms with Gasteiger partial charge >= 0.3 is 0 Å². The van der Waals surface area contributed by atoms with Crippen LogP contribution in [0.4, 0.5) is 11.8 Å². The number of hydrogen-bond donors (Lipinski definition) is 1. The number of hydrogen-bond acceptors (Lipinski definition) is 7. The molecule has 10 heteroatoms. The van der Waals surface area contributed by atoms with E-state index in [-0.39, 0.29) is 6.04 Å². The summed E-state index contributed by atoms with van der Waals surface area (Å²) in [5.74, 6) is 0.890. The number of rotatable bonds is 5. The van der Waals surface area contributed by atoms with Crippen molar-refractivity contribution in [2.24, 2.45) is 0 Å². The van der Waals surface area contributed by atoms with E-state index in [9.17, 15) is 8.42 Å². The van der Waals surface area contributed by atoms with Gasteiger partial charge in [0.1, 0.15) is 0 Å². The minimum absolute atomic E-state index is 0.289. The van der Waals surface area contributed by atoms with E-state index in [4.69, 9.17) is 0 Å². The van der Waals surface area contributed by atoms with Crippen LogP contribution in [0.2, 0.25) is 0 Å². The highest BCUT2D eigenvalue weighted by molar-refractivity contribution is 7.86. The van der Waals surface area contributed by atoms with Crippen LogP contribution < -0.4 is 5.32 Å². The third kappa shape index (κ3) is 3.35. The SMILES string of the molecule is CN(C)S(=O)(=O)N1CCC[C@H]1c1ccnc(Nc2cnccn2)n1. The molecule has 0 spiro atoms. The fourth-order valence-electron chi connectivity index (χ4n) is 2.62. The Morgan fingerprint density at radius 2 is 2.08 bits per heavy atom. The van der Waals surface area contributed by atoms with Gasteiger partial charge in [-0.1, -0.05) is 0 Å². The van der Waals surface area contributed by atoms with Crippen LogP contribution in [0.25, 0.3) is 0 Å². The molecule has 0 unspecified atom stereocenters. The fourth-order valence-corrected chi connectivity index (χ4v) is 3.93. The number of aromatic nitrogens is 4. The van der Waals surface area contributed by atoms with Crippen molar-refractivity contribution in [2.45, 2.75) is 18.9 Å². The predicted octanol–water partition coefficient (Wildman–Crippen LogP) is 0.953. The Morgan fingerprint density at radius 3 is 2.79 bits per heavy atom. The number of nitrogens with one attached hydrogen (secondary N) is 1. The Bertz CT molecular complexity index is 798. The normalized spacial score (nSPS) is 18.9. The van der Waals surface area contributed by atoms with Gasteiger partial charge < -0.3 is 5.32 Å². The van der Waals surface area contributed by atoms with Gasteiger partial charge in [-0.05, 0) is 18.9 Å². The van der Waals surface area contributed by atoms with Crippen LogP contribution in [0, 0.1) is 0 Å². The minimum Gasteiger partial charge on any atom is -0.307 e. The lowest BCUT2D eigenvalue weighted by atomic mass is 10.1. The van der Waals surface area contributed by atoms with E-state index in [1.54, 1.807) is 30.9 Å². The Hall–Kier alpha value is -2.17. The molecule has 1 saturated heterocycles. The predicted molar refractivity (Wildman–Crippen MR) is 88.6 cm³/mol. The smallest absolute Gasteiger partial charge is 0.282 e. The first-order valence-electron chi connectivity index (χ1n) is 7.54. The molecule has 0 amide bonds. The van der Waals surface area contributed by atoms with Gasteiger partial charge in [0, 0.05) is 39.2 Å². The van der Waals surface area contributed by atoms with Gasteiger partial charge in [-0.25, -0.2) is 15.0 Å². The lowest BCUT2D eigenvalue weighted by molar-refractivity contribution is 0.358. The summed E-state index contributed by atoms with van der Waals surface area (Å²) >= 11 is 0. The van der Waals surface area contributed by atoms with E-state index in [2.05, 4.69) is 25.3 Å². The number of anilines is 2. The summed E-state index contributed by atoms with van der Waals surface area (Å²) in [6.45, 7) is 0.488. The van der Waals surface area contributed by atoms with Crippen molar-refractivity contribution in [1.29, 1.82) is 0 Å². The quantitative estimate of drug-likeness (QED) is 0.857. The Labute approximate surface area is 141 Å². The molecule has 0 saturated carbocycles. The van der Waals surface area contributed by atoms with Crippen molar-refractivity contribution in [3.8, 4) is 0 Å². The summed E-state index contributed by atoms with van der Waals surface area (Å²) < 4.78 is 27.6. The summed E-state index contributed by atoms with van der Waals surface area (Å²) in [5, 5.41) is 2.97. The van der Waals surface area contributed by atoms with E-state index in [1.165, 1.54) is 22.7 Å². The van der Waals surface area contributed by atoms with E-state index in [0.29, 0.717) is 24.0 Å². The second-order valence-electron chi connectivity index (χ2n) is 5.58. The molecule has 2 aromatic rings. The van der Waals surface area contributed by atoms with Crippen LogP contribution in [0.1, 0.15) is 24.6 Å². The highest BCUT2D eigenvalue weighted by Gasteiger charge is 2.37. The molecule has 2 aromatic heterocycles. The van der Waals surface area contributed by atoms with E-state index >= 15 is 0 Å². The average molecular weight is 349 g/mol. The maximum Gasteiger partial charge on any atom is 0.282 e. The molecule has 0 aliphatic carbocycles. The van der Waals surface area contributed by atoms with Crippen LogP contribution in [-0.2, 0) is 10.2 Å². The van der Waals surface area contributed by atoms with Gasteiger partial charge in [-0.15, -0.1) is 0 Å². The largest absolute Gasteiger partial charge is 0.307 e. The van der Waals surface area contributed by atoms with Crippen molar-refractivity contribution in [1.82, 2.24) is 28.5 Å². The molecule has 1 N–H and O–H groups in total. The zero-order valence-electron chi connectivity index (χ0n) is 13.5. The van der Waals surface area contributed by atoms with Gasteiger partial charge in [0.2, 0.25) is 5.95 Å². The summed E-state index contributed by atoms with van der Waals surface area (Å²) in [6.07, 6.45) is 7.84. The molecule has 24 heavy (non-hydrogen) atoms. The van der Waals surface area contributed by atoms with Crippen LogP contribution in [0.5, 0.6) is 0 Å². The molecule has 1 atom stereocenters. The standard InChI is InChI=1S/C14H19N7O2S/c1-20(2)24(22,23)21-9-3-4-12(21)11-5-6-17-14(18-11)19-13-10-15-7-8-16-13/h5-8,10,12H,3-4,9H2,1-2H3,(H,16,17,18,19)/t12-/m0/s1. The first kappa shape index (κ1) is 16.7. The first-order chi connectivity index (χ1) is 11.5. The van der Waals surface area contributed by atoms with Gasteiger partial charge in [-0.3, -0.25) is 4.98 Å². The van der Waals surface area contributed by atoms with Gasteiger partial charge in [0.25, 0.3) is 10.2 Å². The maximum absolute atomic E-state index is 12.5. The van der Waals surface area contributed by atoms with Crippen molar-refractivity contribution < 1.29 is 8.42 Å². The maximum atomic E-state index is 12.5. The molecule has 9 nitrogen and oxygen atoms in total. The highest BCUT2D eigenvalue weighted by atomic mass is 32.2. The Kier molecular flexibility index (Phi) is 4.69. The zero-order valence-corrected chi connectivity index (χ0v) is 14.3. The molecule has 3 heterocycles. The molecule has 1 aliphatic heterocycles. The highest BCUT2D eigenvalue weighted by Crippen LogP contribution is 2.34. The molecule has 128 valence electrons. The summed E-state index contributed by atoms with van der Waals surface area (Å²) in [5.41, 5.74) is 0.666. The second kappa shape index (κ2) is 6.75. The summed E-state index contributed by atoms with van der Waals surface area (Å²) in [4.78, 5) is 16.7. The minimum atomic E-state index is -3.48. The zero-order chi connectivity index (χ0) is 17.2. The topological polar surface area (TPSA) is 104 Å². The second-order valence-corrected chi connectivity index (χ2v) is 7.67. The van der Waals surface area contributed by atoms with Gasteiger partial charge in [0.15, 0.2) is 5.82 Å². The lowest BCUT2D eigenvalue weighted by Crippen LogP contribution is -2.39. The van der Waals surface area contributed by atoms with E-state index in [1.807, 2.05) is 0 Å². The first-order valence-corrected chi connectivity index (χ1v) is 8.93. The average Bonchev–Trinajstić information content (AvgIpc) is 3.06. The van der Waals surface area contributed by atoms with E-state index < -0.39 is 10.2 Å². The van der Waals surface area contributed by atoms with Crippen molar-refractivity contribution in [3.63, 3.8) is 0 Å². The lowest BCUT2D eigenvalue weighted by Gasteiger charge is -2.26. The molecule has 0 aromatic carbocycles. The molecule has 0 bridgehead atoms. The van der Waals surface area contributed by atoms with Gasteiger partial charge in [-0.2, -0.15) is 17.0 Å². The molecular formula is C14H19N7O2S. The molecule has 1 fully saturated rings. The number of nitrogens with zero attached hydrogens (tertiary/aromatic N) is 6. The van der Waals surface area contributed by atoms with Gasteiger partial charge in [0.05, 0.1) is 17.9 Å².